The van der Waals surface area contributed by atoms with E-state index in [1.807, 2.05) is 0 Å². The van der Waals surface area contributed by atoms with Crippen LogP contribution in [0.1, 0.15) is 42.0 Å². The Morgan fingerprint density at radius 1 is 1.29 bits per heavy atom. The van der Waals surface area contributed by atoms with Gasteiger partial charge in [-0.25, -0.2) is 0 Å². The van der Waals surface area contributed by atoms with Gasteiger partial charge in [0.05, 0.1) is 0 Å². The molecule has 1 aliphatic carbocycles. The average molecular weight is 189 g/mol. The van der Waals surface area contributed by atoms with Crippen LogP contribution in [0.15, 0.2) is 18.2 Å². The zero-order valence-corrected chi connectivity index (χ0v) is 9.09. The highest BCUT2D eigenvalue weighted by atomic mass is 14.6. The summed E-state index contributed by atoms with van der Waals surface area (Å²) in [4.78, 5) is 0. The minimum absolute atomic E-state index is 0.252. The Labute approximate surface area is 86.3 Å². The molecule has 1 aromatic carbocycles. The van der Waals surface area contributed by atoms with Gasteiger partial charge in [0.1, 0.15) is 0 Å². The zero-order valence-electron chi connectivity index (χ0n) is 9.09. The van der Waals surface area contributed by atoms with Gasteiger partial charge in [0, 0.05) is 6.04 Å². The van der Waals surface area contributed by atoms with E-state index in [0.29, 0.717) is 0 Å². The molecular weight excluding hydrogens is 170 g/mol. The van der Waals surface area contributed by atoms with Crippen LogP contribution >= 0.6 is 0 Å². The standard InChI is InChI=1S/C13H19N/c1-9-3-6-12(7-10(9)2)13(14)8-11-4-5-11/h3,6-7,11,13H,4-5,8,14H2,1-2H3/t13-/m1/s1. The molecule has 1 saturated carbocycles. The molecule has 1 heteroatoms. The first kappa shape index (κ1) is 9.72. The molecule has 14 heavy (non-hydrogen) atoms. The fourth-order valence-corrected chi connectivity index (χ4v) is 1.84. The number of rotatable bonds is 3. The van der Waals surface area contributed by atoms with Gasteiger partial charge < -0.3 is 5.73 Å². The topological polar surface area (TPSA) is 26.0 Å². The number of nitrogens with two attached hydrogens (primary N) is 1. The van der Waals surface area contributed by atoms with E-state index in [-0.39, 0.29) is 6.04 Å². The molecule has 76 valence electrons. The van der Waals surface area contributed by atoms with E-state index < -0.39 is 0 Å². The lowest BCUT2D eigenvalue weighted by Gasteiger charge is -2.13. The maximum absolute atomic E-state index is 6.15. The normalized spacial score (nSPS) is 18.2. The zero-order chi connectivity index (χ0) is 10.1. The molecule has 0 radical (unpaired) electrons. The van der Waals surface area contributed by atoms with Crippen molar-refractivity contribution in [3.8, 4) is 0 Å². The van der Waals surface area contributed by atoms with Crippen LogP contribution in [0.25, 0.3) is 0 Å². The minimum Gasteiger partial charge on any atom is -0.324 e. The van der Waals surface area contributed by atoms with Crippen molar-refractivity contribution >= 4 is 0 Å². The summed E-state index contributed by atoms with van der Waals surface area (Å²) in [5, 5.41) is 0. The molecule has 0 amide bonds. The van der Waals surface area contributed by atoms with Gasteiger partial charge in [-0.15, -0.1) is 0 Å². The van der Waals surface area contributed by atoms with Gasteiger partial charge in [-0.05, 0) is 42.9 Å². The fraction of sp³-hybridized carbons (Fsp3) is 0.538. The summed E-state index contributed by atoms with van der Waals surface area (Å²) in [5.74, 6) is 0.909. The first-order valence-corrected chi connectivity index (χ1v) is 5.49. The van der Waals surface area contributed by atoms with E-state index in [9.17, 15) is 0 Å². The van der Waals surface area contributed by atoms with Crippen LogP contribution in [0.5, 0.6) is 0 Å². The summed E-state index contributed by atoms with van der Waals surface area (Å²) >= 11 is 0. The summed E-state index contributed by atoms with van der Waals surface area (Å²) in [6.07, 6.45) is 3.94. The van der Waals surface area contributed by atoms with Crippen LogP contribution < -0.4 is 5.73 Å². The molecule has 1 fully saturated rings. The molecule has 2 rings (SSSR count). The second kappa shape index (κ2) is 3.74. The number of aryl methyl sites for hydroxylation is 2. The Hall–Kier alpha value is -0.820. The van der Waals surface area contributed by atoms with Crippen LogP contribution in [0.4, 0.5) is 0 Å². The molecule has 0 aliphatic heterocycles. The number of hydrogen-bond acceptors (Lipinski definition) is 1. The summed E-state index contributed by atoms with van der Waals surface area (Å²) in [6, 6.07) is 6.84. The van der Waals surface area contributed by atoms with Gasteiger partial charge in [-0.1, -0.05) is 31.0 Å². The molecule has 0 unspecified atom stereocenters. The van der Waals surface area contributed by atoms with E-state index in [2.05, 4.69) is 32.0 Å². The first-order chi connectivity index (χ1) is 6.66. The van der Waals surface area contributed by atoms with Crippen LogP contribution in [0.2, 0.25) is 0 Å². The first-order valence-electron chi connectivity index (χ1n) is 5.49. The van der Waals surface area contributed by atoms with Crippen LogP contribution in [-0.4, -0.2) is 0 Å². The third kappa shape index (κ3) is 2.16. The summed E-state index contributed by atoms with van der Waals surface area (Å²) < 4.78 is 0. The van der Waals surface area contributed by atoms with Crippen LogP contribution in [-0.2, 0) is 0 Å². The maximum atomic E-state index is 6.15. The molecule has 0 spiro atoms. The van der Waals surface area contributed by atoms with Crippen molar-refractivity contribution in [3.05, 3.63) is 34.9 Å². The lowest BCUT2D eigenvalue weighted by atomic mass is 9.98. The molecule has 0 aromatic heterocycles. The van der Waals surface area contributed by atoms with Crippen molar-refractivity contribution in [1.29, 1.82) is 0 Å². The highest BCUT2D eigenvalue weighted by Gasteiger charge is 2.24. The molecule has 1 aromatic rings. The van der Waals surface area contributed by atoms with Gasteiger partial charge in [0.15, 0.2) is 0 Å². The van der Waals surface area contributed by atoms with Crippen molar-refractivity contribution in [2.75, 3.05) is 0 Å². The Bertz CT molecular complexity index is 326. The molecule has 1 aliphatic rings. The van der Waals surface area contributed by atoms with Crippen LogP contribution in [0, 0.1) is 19.8 Å². The average Bonchev–Trinajstić information content (AvgIpc) is 2.93. The van der Waals surface area contributed by atoms with Gasteiger partial charge in [0.2, 0.25) is 0 Å². The van der Waals surface area contributed by atoms with Crippen molar-refractivity contribution < 1.29 is 0 Å². The Kier molecular flexibility index (Phi) is 2.60. The molecule has 2 N–H and O–H groups in total. The molecule has 1 atom stereocenters. The summed E-state index contributed by atoms with van der Waals surface area (Å²) in [6.45, 7) is 4.30. The van der Waals surface area contributed by atoms with Crippen LogP contribution in [0.3, 0.4) is 0 Å². The quantitative estimate of drug-likeness (QED) is 0.776. The second-order valence-electron chi connectivity index (χ2n) is 4.63. The Morgan fingerprint density at radius 2 is 2.00 bits per heavy atom. The van der Waals surface area contributed by atoms with E-state index in [0.717, 1.165) is 5.92 Å². The molecule has 0 bridgehead atoms. The van der Waals surface area contributed by atoms with Crippen molar-refractivity contribution in [2.45, 2.75) is 39.2 Å². The summed E-state index contributed by atoms with van der Waals surface area (Å²) in [5.41, 5.74) is 10.2. The SMILES string of the molecule is Cc1ccc([C@H](N)CC2CC2)cc1C. The third-order valence-electron chi connectivity index (χ3n) is 3.24. The summed E-state index contributed by atoms with van der Waals surface area (Å²) in [7, 11) is 0. The maximum Gasteiger partial charge on any atom is 0.0297 e. The Morgan fingerprint density at radius 3 is 2.57 bits per heavy atom. The highest BCUT2D eigenvalue weighted by molar-refractivity contribution is 5.31. The third-order valence-corrected chi connectivity index (χ3v) is 3.24. The second-order valence-corrected chi connectivity index (χ2v) is 4.63. The van der Waals surface area contributed by atoms with E-state index in [4.69, 9.17) is 5.73 Å². The predicted octanol–water partition coefficient (Wildman–Crippen LogP) is 3.10. The van der Waals surface area contributed by atoms with E-state index in [1.54, 1.807) is 0 Å². The van der Waals surface area contributed by atoms with Gasteiger partial charge in [-0.3, -0.25) is 0 Å². The monoisotopic (exact) mass is 189 g/mol. The lowest BCUT2D eigenvalue weighted by Crippen LogP contribution is -2.11. The molecule has 0 saturated heterocycles. The van der Waals surface area contributed by atoms with E-state index in [1.165, 1.54) is 36.0 Å². The fourth-order valence-electron chi connectivity index (χ4n) is 1.84. The van der Waals surface area contributed by atoms with Crippen molar-refractivity contribution in [2.24, 2.45) is 11.7 Å². The lowest BCUT2D eigenvalue weighted by molar-refractivity contribution is 0.596. The molecule has 1 nitrogen and oxygen atoms in total. The Balaban J connectivity index is 2.10. The van der Waals surface area contributed by atoms with Gasteiger partial charge in [0.25, 0.3) is 0 Å². The van der Waals surface area contributed by atoms with Crippen molar-refractivity contribution in [3.63, 3.8) is 0 Å². The largest absolute Gasteiger partial charge is 0.324 e. The molecule has 0 heterocycles. The molecular formula is C13H19N. The smallest absolute Gasteiger partial charge is 0.0297 e. The van der Waals surface area contributed by atoms with Gasteiger partial charge in [-0.2, -0.15) is 0 Å². The van der Waals surface area contributed by atoms with E-state index >= 15 is 0 Å². The highest BCUT2D eigenvalue weighted by Crippen LogP contribution is 2.36. The van der Waals surface area contributed by atoms with Gasteiger partial charge >= 0.3 is 0 Å². The number of hydrogen-bond donors (Lipinski definition) is 1. The minimum atomic E-state index is 0.252. The van der Waals surface area contributed by atoms with Crippen molar-refractivity contribution in [1.82, 2.24) is 0 Å². The predicted molar refractivity (Wildman–Crippen MR) is 60.2 cm³/mol. The number of benzene rings is 1.